The molecule has 1 aliphatic carbocycles. The fourth-order valence-electron chi connectivity index (χ4n) is 3.88. The Morgan fingerprint density at radius 2 is 2.07 bits per heavy atom. The van der Waals surface area contributed by atoms with Crippen molar-refractivity contribution in [1.29, 1.82) is 0 Å². The summed E-state index contributed by atoms with van der Waals surface area (Å²) < 4.78 is 14.5. The van der Waals surface area contributed by atoms with Crippen molar-refractivity contribution in [2.45, 2.75) is 37.9 Å². The molecule has 1 spiro atoms. The highest BCUT2D eigenvalue weighted by Gasteiger charge is 2.47. The van der Waals surface area contributed by atoms with Crippen LogP contribution in [0.5, 0.6) is 0 Å². The van der Waals surface area contributed by atoms with Crippen LogP contribution in [-0.2, 0) is 6.54 Å². The van der Waals surface area contributed by atoms with E-state index in [1.165, 1.54) is 25.0 Å². The molecule has 6 nitrogen and oxygen atoms in total. The van der Waals surface area contributed by atoms with Crippen LogP contribution in [0.2, 0.25) is 0 Å². The van der Waals surface area contributed by atoms with Crippen LogP contribution in [0.4, 0.5) is 10.2 Å². The molecule has 4 heterocycles. The van der Waals surface area contributed by atoms with E-state index in [0.29, 0.717) is 23.8 Å². The average Bonchev–Trinajstić information content (AvgIpc) is 3.47. The second-order valence-electron chi connectivity index (χ2n) is 7.94. The number of aromatic nitrogens is 3. The van der Waals surface area contributed by atoms with Gasteiger partial charge in [0.2, 0.25) is 0 Å². The van der Waals surface area contributed by atoms with Gasteiger partial charge in [-0.05, 0) is 38.0 Å². The SMILES string of the molecule is CC1CNC2(CC2)CN1c1cc(F)cc(-c2ccc3cnc(CN)cc3n2)n1. The average molecular weight is 378 g/mol. The molecular formula is C21H23FN6. The summed E-state index contributed by atoms with van der Waals surface area (Å²) in [4.78, 5) is 16.0. The summed E-state index contributed by atoms with van der Waals surface area (Å²) in [6, 6.07) is 8.90. The van der Waals surface area contributed by atoms with E-state index < -0.39 is 0 Å². The molecule has 3 aromatic rings. The van der Waals surface area contributed by atoms with Crippen LogP contribution in [0.1, 0.15) is 25.5 Å². The highest BCUT2D eigenvalue weighted by Crippen LogP contribution is 2.40. The van der Waals surface area contributed by atoms with Crippen LogP contribution in [0.15, 0.2) is 36.5 Å². The normalized spacial score (nSPS) is 20.7. The van der Waals surface area contributed by atoms with Crippen LogP contribution in [0.3, 0.4) is 0 Å². The van der Waals surface area contributed by atoms with Crippen molar-refractivity contribution < 1.29 is 4.39 Å². The number of nitrogens with one attached hydrogen (secondary N) is 1. The Morgan fingerprint density at radius 3 is 2.86 bits per heavy atom. The number of rotatable bonds is 3. The molecule has 0 aromatic carbocycles. The van der Waals surface area contributed by atoms with Gasteiger partial charge in [-0.3, -0.25) is 4.98 Å². The number of anilines is 1. The predicted molar refractivity (Wildman–Crippen MR) is 107 cm³/mol. The number of hydrogen-bond donors (Lipinski definition) is 2. The Balaban J connectivity index is 1.54. The van der Waals surface area contributed by atoms with E-state index in [1.54, 1.807) is 6.20 Å². The molecule has 3 aromatic heterocycles. The van der Waals surface area contributed by atoms with Crippen molar-refractivity contribution in [1.82, 2.24) is 20.3 Å². The molecule has 1 atom stereocenters. The number of nitrogens with two attached hydrogens (primary N) is 1. The first-order valence-corrected chi connectivity index (χ1v) is 9.71. The Hall–Kier alpha value is -2.64. The molecule has 0 radical (unpaired) electrons. The van der Waals surface area contributed by atoms with Crippen molar-refractivity contribution >= 4 is 16.7 Å². The van der Waals surface area contributed by atoms with Crippen molar-refractivity contribution in [3.05, 3.63) is 48.0 Å². The molecule has 7 heteroatoms. The fourth-order valence-corrected chi connectivity index (χ4v) is 3.88. The van der Waals surface area contributed by atoms with E-state index in [-0.39, 0.29) is 17.4 Å². The van der Waals surface area contributed by atoms with Crippen molar-refractivity contribution in [3.8, 4) is 11.4 Å². The van der Waals surface area contributed by atoms with Gasteiger partial charge in [-0.15, -0.1) is 0 Å². The molecule has 5 rings (SSSR count). The fraction of sp³-hybridized carbons (Fsp3) is 0.381. The number of piperazine rings is 1. The van der Waals surface area contributed by atoms with Crippen molar-refractivity contribution in [2.24, 2.45) is 5.73 Å². The Bertz CT molecular complexity index is 1050. The maximum atomic E-state index is 14.5. The van der Waals surface area contributed by atoms with Crippen molar-refractivity contribution in [2.75, 3.05) is 18.0 Å². The lowest BCUT2D eigenvalue weighted by molar-refractivity contribution is 0.388. The van der Waals surface area contributed by atoms with E-state index >= 15 is 0 Å². The number of fused-ring (bicyclic) bond motifs is 1. The maximum absolute atomic E-state index is 14.5. The van der Waals surface area contributed by atoms with Gasteiger partial charge in [-0.25, -0.2) is 14.4 Å². The molecular weight excluding hydrogens is 355 g/mol. The quantitative estimate of drug-likeness (QED) is 0.729. The smallest absolute Gasteiger partial charge is 0.132 e. The van der Waals surface area contributed by atoms with E-state index in [4.69, 9.17) is 10.7 Å². The summed E-state index contributed by atoms with van der Waals surface area (Å²) in [5, 5.41) is 4.54. The first-order chi connectivity index (χ1) is 13.5. The van der Waals surface area contributed by atoms with Gasteiger partial charge in [0.1, 0.15) is 11.6 Å². The molecule has 1 saturated heterocycles. The number of halogens is 1. The third-order valence-corrected chi connectivity index (χ3v) is 5.80. The molecule has 1 unspecified atom stereocenters. The lowest BCUT2D eigenvalue weighted by Crippen LogP contribution is -2.57. The molecule has 144 valence electrons. The van der Waals surface area contributed by atoms with Crippen molar-refractivity contribution in [3.63, 3.8) is 0 Å². The van der Waals surface area contributed by atoms with Crippen LogP contribution >= 0.6 is 0 Å². The summed E-state index contributed by atoms with van der Waals surface area (Å²) in [7, 11) is 0. The first-order valence-electron chi connectivity index (χ1n) is 9.71. The molecule has 0 bridgehead atoms. The standard InChI is InChI=1S/C21H23FN6/c1-13-10-25-21(4-5-21)12-28(13)20-7-15(22)6-19(27-20)17-3-2-14-11-24-16(9-23)8-18(14)26-17/h2-3,6-8,11,13,25H,4-5,9-10,12,23H2,1H3. The van der Waals surface area contributed by atoms with Gasteiger partial charge < -0.3 is 16.0 Å². The van der Waals surface area contributed by atoms with Gasteiger partial charge in [0, 0.05) is 54.9 Å². The van der Waals surface area contributed by atoms with Gasteiger partial charge in [0.25, 0.3) is 0 Å². The Morgan fingerprint density at radius 1 is 1.21 bits per heavy atom. The second-order valence-corrected chi connectivity index (χ2v) is 7.94. The Kier molecular flexibility index (Phi) is 4.03. The third kappa shape index (κ3) is 3.10. The lowest BCUT2D eigenvalue weighted by Gasteiger charge is -2.40. The topological polar surface area (TPSA) is 80.0 Å². The zero-order valence-electron chi connectivity index (χ0n) is 15.8. The molecule has 1 saturated carbocycles. The maximum Gasteiger partial charge on any atom is 0.132 e. The zero-order valence-corrected chi connectivity index (χ0v) is 15.8. The van der Waals surface area contributed by atoms with Gasteiger partial charge in [0.05, 0.1) is 22.6 Å². The van der Waals surface area contributed by atoms with Crippen LogP contribution in [0, 0.1) is 5.82 Å². The van der Waals surface area contributed by atoms with E-state index in [0.717, 1.165) is 29.7 Å². The largest absolute Gasteiger partial charge is 0.351 e. The van der Waals surface area contributed by atoms with Crippen LogP contribution in [-0.4, -0.2) is 39.6 Å². The minimum atomic E-state index is -0.296. The minimum absolute atomic E-state index is 0.188. The van der Waals surface area contributed by atoms with Gasteiger partial charge in [-0.1, -0.05) is 0 Å². The predicted octanol–water partition coefficient (Wildman–Crippen LogP) is 2.62. The minimum Gasteiger partial charge on any atom is -0.351 e. The van der Waals surface area contributed by atoms with Crippen LogP contribution < -0.4 is 16.0 Å². The molecule has 3 N–H and O–H groups in total. The first kappa shape index (κ1) is 17.5. The third-order valence-electron chi connectivity index (χ3n) is 5.80. The summed E-state index contributed by atoms with van der Waals surface area (Å²) in [6.07, 6.45) is 4.10. The molecule has 2 aliphatic rings. The second kappa shape index (κ2) is 6.46. The van der Waals surface area contributed by atoms with Gasteiger partial charge in [0.15, 0.2) is 0 Å². The summed E-state index contributed by atoms with van der Waals surface area (Å²) in [6.45, 7) is 4.24. The number of pyridine rings is 3. The monoisotopic (exact) mass is 378 g/mol. The van der Waals surface area contributed by atoms with Gasteiger partial charge in [-0.2, -0.15) is 0 Å². The molecule has 28 heavy (non-hydrogen) atoms. The highest BCUT2D eigenvalue weighted by molar-refractivity contribution is 5.80. The van der Waals surface area contributed by atoms with E-state index in [9.17, 15) is 4.39 Å². The summed E-state index contributed by atoms with van der Waals surface area (Å²) >= 11 is 0. The molecule has 2 fully saturated rings. The number of nitrogens with zero attached hydrogens (tertiary/aromatic N) is 4. The molecule has 1 aliphatic heterocycles. The lowest BCUT2D eigenvalue weighted by atomic mass is 10.1. The molecule has 0 amide bonds. The highest BCUT2D eigenvalue weighted by atomic mass is 19.1. The Labute approximate surface area is 163 Å². The van der Waals surface area contributed by atoms with E-state index in [2.05, 4.69) is 27.1 Å². The summed E-state index contributed by atoms with van der Waals surface area (Å²) in [5.41, 5.74) is 8.62. The summed E-state index contributed by atoms with van der Waals surface area (Å²) in [5.74, 6) is 0.379. The zero-order chi connectivity index (χ0) is 19.3. The van der Waals surface area contributed by atoms with E-state index in [1.807, 2.05) is 18.2 Å². The van der Waals surface area contributed by atoms with Gasteiger partial charge >= 0.3 is 0 Å². The number of hydrogen-bond acceptors (Lipinski definition) is 6. The van der Waals surface area contributed by atoms with Crippen LogP contribution in [0.25, 0.3) is 22.3 Å².